The summed E-state index contributed by atoms with van der Waals surface area (Å²) in [6, 6.07) is 3.63. The van der Waals surface area contributed by atoms with Gasteiger partial charge in [0.15, 0.2) is 0 Å². The Labute approximate surface area is 109 Å². The summed E-state index contributed by atoms with van der Waals surface area (Å²) < 4.78 is 44.7. The molecular weight excluding hydrogens is 257 g/mol. The molecule has 6 heteroatoms. The molecular formula is C13H15F3N2O. The number of rotatable bonds is 5. The van der Waals surface area contributed by atoms with Crippen LogP contribution in [-0.2, 0) is 17.5 Å². The van der Waals surface area contributed by atoms with E-state index in [0.29, 0.717) is 30.8 Å². The van der Waals surface area contributed by atoms with Crippen molar-refractivity contribution in [2.75, 3.05) is 13.2 Å². The van der Waals surface area contributed by atoms with Crippen LogP contribution in [0.5, 0.6) is 0 Å². The summed E-state index contributed by atoms with van der Waals surface area (Å²) in [5, 5.41) is 0. The van der Waals surface area contributed by atoms with Crippen LogP contribution in [0.4, 0.5) is 13.2 Å². The van der Waals surface area contributed by atoms with E-state index in [9.17, 15) is 13.2 Å². The van der Waals surface area contributed by atoms with Crippen LogP contribution in [0.1, 0.15) is 18.9 Å². The molecule has 0 aliphatic carbocycles. The Balaban J connectivity index is 2.15. The topological polar surface area (TPSA) is 27.1 Å². The van der Waals surface area contributed by atoms with E-state index < -0.39 is 11.7 Å². The summed E-state index contributed by atoms with van der Waals surface area (Å²) in [5.41, 5.74) is 0.412. The molecule has 0 spiro atoms. The summed E-state index contributed by atoms with van der Waals surface area (Å²) >= 11 is 0. The van der Waals surface area contributed by atoms with Crippen molar-refractivity contribution in [1.29, 1.82) is 0 Å². The predicted octanol–water partition coefficient (Wildman–Crippen LogP) is 3.48. The molecule has 0 fully saturated rings. The Morgan fingerprint density at radius 2 is 2.11 bits per heavy atom. The van der Waals surface area contributed by atoms with Crippen LogP contribution in [0.3, 0.4) is 0 Å². The first-order valence-electron chi connectivity index (χ1n) is 6.12. The van der Waals surface area contributed by atoms with Gasteiger partial charge in [0, 0.05) is 19.8 Å². The number of aryl methyl sites for hydroxylation is 1. The van der Waals surface area contributed by atoms with E-state index in [2.05, 4.69) is 4.98 Å². The number of ether oxygens (including phenoxy) is 1. The molecule has 0 saturated carbocycles. The van der Waals surface area contributed by atoms with Gasteiger partial charge in [-0.3, -0.25) is 0 Å². The first-order chi connectivity index (χ1) is 9.02. The Hall–Kier alpha value is -1.56. The average Bonchev–Trinajstić information content (AvgIpc) is 2.76. The summed E-state index contributed by atoms with van der Waals surface area (Å²) in [7, 11) is 0. The molecule has 2 aromatic rings. The zero-order valence-electron chi connectivity index (χ0n) is 10.6. The van der Waals surface area contributed by atoms with Crippen molar-refractivity contribution in [2.24, 2.45) is 0 Å². The number of halogens is 3. The van der Waals surface area contributed by atoms with Gasteiger partial charge >= 0.3 is 6.18 Å². The maximum absolute atomic E-state index is 12.6. The van der Waals surface area contributed by atoms with Gasteiger partial charge in [0.05, 0.1) is 22.9 Å². The molecule has 0 aliphatic heterocycles. The van der Waals surface area contributed by atoms with Gasteiger partial charge in [-0.15, -0.1) is 0 Å². The smallest absolute Gasteiger partial charge is 0.382 e. The van der Waals surface area contributed by atoms with Crippen molar-refractivity contribution in [3.05, 3.63) is 30.1 Å². The second-order valence-electron chi connectivity index (χ2n) is 4.19. The number of benzene rings is 1. The Morgan fingerprint density at radius 3 is 2.79 bits per heavy atom. The normalized spacial score (nSPS) is 12.2. The molecule has 0 aliphatic rings. The van der Waals surface area contributed by atoms with Crippen molar-refractivity contribution in [3.63, 3.8) is 0 Å². The minimum atomic E-state index is -4.33. The average molecular weight is 272 g/mol. The van der Waals surface area contributed by atoms with Crippen LogP contribution in [0, 0.1) is 0 Å². The summed E-state index contributed by atoms with van der Waals surface area (Å²) in [6.07, 6.45) is -1.95. The van der Waals surface area contributed by atoms with Gasteiger partial charge in [-0.2, -0.15) is 13.2 Å². The van der Waals surface area contributed by atoms with Gasteiger partial charge in [-0.1, -0.05) is 0 Å². The second-order valence-corrected chi connectivity index (χ2v) is 4.19. The maximum atomic E-state index is 12.6. The molecule has 0 atom stereocenters. The highest BCUT2D eigenvalue weighted by Gasteiger charge is 2.30. The van der Waals surface area contributed by atoms with Crippen LogP contribution in [0.2, 0.25) is 0 Å². The molecule has 19 heavy (non-hydrogen) atoms. The molecule has 0 unspecified atom stereocenters. The van der Waals surface area contributed by atoms with E-state index >= 15 is 0 Å². The van der Waals surface area contributed by atoms with E-state index in [1.165, 1.54) is 6.07 Å². The Kier molecular flexibility index (Phi) is 4.09. The number of nitrogens with zero attached hydrogens (tertiary/aromatic N) is 2. The van der Waals surface area contributed by atoms with Gasteiger partial charge in [0.1, 0.15) is 0 Å². The highest BCUT2D eigenvalue weighted by Crippen LogP contribution is 2.31. The molecule has 0 bridgehead atoms. The predicted molar refractivity (Wildman–Crippen MR) is 65.8 cm³/mol. The van der Waals surface area contributed by atoms with Crippen molar-refractivity contribution in [1.82, 2.24) is 9.55 Å². The highest BCUT2D eigenvalue weighted by atomic mass is 19.4. The first-order valence-corrected chi connectivity index (χ1v) is 6.12. The number of hydrogen-bond acceptors (Lipinski definition) is 2. The van der Waals surface area contributed by atoms with Crippen LogP contribution in [0.15, 0.2) is 24.5 Å². The molecule has 1 aromatic heterocycles. The van der Waals surface area contributed by atoms with Crippen LogP contribution in [0.25, 0.3) is 11.0 Å². The third kappa shape index (κ3) is 3.26. The lowest BCUT2D eigenvalue weighted by atomic mass is 10.2. The molecule has 1 aromatic carbocycles. The lowest BCUT2D eigenvalue weighted by molar-refractivity contribution is -0.137. The van der Waals surface area contributed by atoms with E-state index in [4.69, 9.17) is 4.74 Å². The number of imidazole rings is 1. The minimum absolute atomic E-state index is 0.367. The minimum Gasteiger partial charge on any atom is -0.382 e. The first kappa shape index (κ1) is 13.9. The van der Waals surface area contributed by atoms with Crippen LogP contribution in [-0.4, -0.2) is 22.8 Å². The molecule has 0 N–H and O–H groups in total. The Morgan fingerprint density at radius 1 is 1.32 bits per heavy atom. The number of fused-ring (bicyclic) bond motifs is 1. The number of hydrogen-bond donors (Lipinski definition) is 0. The van der Waals surface area contributed by atoms with Gasteiger partial charge in [0.2, 0.25) is 0 Å². The molecule has 2 rings (SSSR count). The standard InChI is InChI=1S/C13H15F3N2O/c1-2-19-7-3-6-18-9-17-11-8-10(13(14,15)16)4-5-12(11)18/h4-5,8-9H,2-3,6-7H2,1H3. The maximum Gasteiger partial charge on any atom is 0.416 e. The van der Waals surface area contributed by atoms with E-state index in [1.54, 1.807) is 6.33 Å². The second kappa shape index (κ2) is 5.61. The fourth-order valence-corrected chi connectivity index (χ4v) is 1.90. The van der Waals surface area contributed by atoms with Crippen LogP contribution < -0.4 is 0 Å². The van der Waals surface area contributed by atoms with Gasteiger partial charge < -0.3 is 9.30 Å². The van der Waals surface area contributed by atoms with E-state index in [0.717, 1.165) is 18.6 Å². The SMILES string of the molecule is CCOCCCn1cnc2cc(C(F)(F)F)ccc21. The van der Waals surface area contributed by atoms with Crippen molar-refractivity contribution in [3.8, 4) is 0 Å². The molecule has 0 amide bonds. The highest BCUT2D eigenvalue weighted by molar-refractivity contribution is 5.76. The fraction of sp³-hybridized carbons (Fsp3) is 0.462. The zero-order chi connectivity index (χ0) is 13.9. The largest absolute Gasteiger partial charge is 0.416 e. The quantitative estimate of drug-likeness (QED) is 0.779. The molecule has 3 nitrogen and oxygen atoms in total. The monoisotopic (exact) mass is 272 g/mol. The third-order valence-corrected chi connectivity index (χ3v) is 2.84. The fourth-order valence-electron chi connectivity index (χ4n) is 1.90. The summed E-state index contributed by atoms with van der Waals surface area (Å²) in [4.78, 5) is 4.01. The van der Waals surface area contributed by atoms with Crippen molar-refractivity contribution >= 4 is 11.0 Å². The summed E-state index contributed by atoms with van der Waals surface area (Å²) in [5.74, 6) is 0. The molecule has 1 heterocycles. The lowest BCUT2D eigenvalue weighted by Crippen LogP contribution is -2.05. The molecule has 0 radical (unpaired) electrons. The Bertz CT molecular complexity index is 548. The third-order valence-electron chi connectivity index (χ3n) is 2.84. The van der Waals surface area contributed by atoms with Gasteiger partial charge in [-0.25, -0.2) is 4.98 Å². The summed E-state index contributed by atoms with van der Waals surface area (Å²) in [6.45, 7) is 3.91. The van der Waals surface area contributed by atoms with E-state index in [1.807, 2.05) is 11.5 Å². The van der Waals surface area contributed by atoms with E-state index in [-0.39, 0.29) is 0 Å². The lowest BCUT2D eigenvalue weighted by Gasteiger charge is -2.07. The number of alkyl halides is 3. The molecule has 0 saturated heterocycles. The number of aromatic nitrogens is 2. The van der Waals surface area contributed by atoms with Crippen molar-refractivity contribution in [2.45, 2.75) is 26.1 Å². The van der Waals surface area contributed by atoms with Crippen LogP contribution >= 0.6 is 0 Å². The van der Waals surface area contributed by atoms with Crippen molar-refractivity contribution < 1.29 is 17.9 Å². The van der Waals surface area contributed by atoms with Gasteiger partial charge in [0.25, 0.3) is 0 Å². The zero-order valence-corrected chi connectivity index (χ0v) is 10.6. The molecule has 104 valence electrons. The van der Waals surface area contributed by atoms with Gasteiger partial charge in [-0.05, 0) is 31.5 Å².